The Bertz CT molecular complexity index is 1290. The van der Waals surface area contributed by atoms with Crippen molar-refractivity contribution in [3.05, 3.63) is 77.6 Å². The zero-order valence-corrected chi connectivity index (χ0v) is 16.1. The number of hydrogen-bond acceptors (Lipinski definition) is 4. The molecule has 0 bridgehead atoms. The summed E-state index contributed by atoms with van der Waals surface area (Å²) in [6.07, 6.45) is 0. The lowest BCUT2D eigenvalue weighted by Crippen LogP contribution is -1.99. The average molecular weight is 388 g/mol. The van der Waals surface area contributed by atoms with Crippen LogP contribution in [0.5, 0.6) is 0 Å². The van der Waals surface area contributed by atoms with E-state index in [0.29, 0.717) is 22.5 Å². The van der Waals surface area contributed by atoms with E-state index < -0.39 is 0 Å². The second-order valence-corrected chi connectivity index (χ2v) is 7.87. The molecule has 5 aromatic rings. The molecule has 0 aliphatic heterocycles. The molecule has 3 nitrogen and oxygen atoms in total. The van der Waals surface area contributed by atoms with E-state index in [2.05, 4.69) is 52.4 Å². The minimum atomic E-state index is 0.658. The van der Waals surface area contributed by atoms with Crippen molar-refractivity contribution >= 4 is 43.1 Å². The summed E-state index contributed by atoms with van der Waals surface area (Å²) in [5.41, 5.74) is 1.92. The number of hydrogen-bond donors (Lipinski definition) is 0. The zero-order valence-electron chi connectivity index (χ0n) is 14.5. The van der Waals surface area contributed by atoms with Crippen LogP contribution < -0.4 is 0 Å². The number of nitrogens with zero attached hydrogens (tertiary/aromatic N) is 3. The first-order valence-electron chi connectivity index (χ1n) is 8.58. The van der Waals surface area contributed by atoms with Crippen molar-refractivity contribution in [2.45, 2.75) is 6.92 Å². The van der Waals surface area contributed by atoms with Crippen LogP contribution in [0.15, 0.2) is 66.7 Å². The van der Waals surface area contributed by atoms with Gasteiger partial charge in [0, 0.05) is 36.3 Å². The molecule has 5 heteroatoms. The molecule has 0 saturated heterocycles. The van der Waals surface area contributed by atoms with Crippen LogP contribution in [0.2, 0.25) is 5.02 Å². The molecule has 2 aromatic heterocycles. The van der Waals surface area contributed by atoms with Crippen LogP contribution in [0.25, 0.3) is 42.9 Å². The summed E-state index contributed by atoms with van der Waals surface area (Å²) in [5, 5.41) is 3.25. The van der Waals surface area contributed by atoms with Crippen LogP contribution >= 0.6 is 22.9 Å². The molecule has 0 unspecified atom stereocenters. The van der Waals surface area contributed by atoms with Gasteiger partial charge >= 0.3 is 0 Å². The van der Waals surface area contributed by atoms with Crippen molar-refractivity contribution in [2.75, 3.05) is 0 Å². The fraction of sp³-hybridized carbons (Fsp3) is 0.0455. The largest absolute Gasteiger partial charge is 0.213 e. The maximum atomic E-state index is 5.99. The van der Waals surface area contributed by atoms with Gasteiger partial charge in [-0.2, -0.15) is 0 Å². The Morgan fingerprint density at radius 2 is 1.37 bits per heavy atom. The number of benzene rings is 3. The fourth-order valence-corrected chi connectivity index (χ4v) is 4.48. The van der Waals surface area contributed by atoms with Crippen LogP contribution in [-0.2, 0) is 0 Å². The predicted molar refractivity (Wildman–Crippen MR) is 113 cm³/mol. The highest BCUT2D eigenvalue weighted by Gasteiger charge is 2.11. The van der Waals surface area contributed by atoms with Gasteiger partial charge in [0.25, 0.3) is 0 Å². The number of halogens is 1. The maximum absolute atomic E-state index is 5.99. The van der Waals surface area contributed by atoms with Crippen LogP contribution in [0.1, 0.15) is 5.82 Å². The van der Waals surface area contributed by atoms with Crippen molar-refractivity contribution in [3.63, 3.8) is 0 Å². The Hall–Kier alpha value is -2.82. The van der Waals surface area contributed by atoms with Crippen molar-refractivity contribution in [3.8, 4) is 22.8 Å². The monoisotopic (exact) mass is 387 g/mol. The van der Waals surface area contributed by atoms with Gasteiger partial charge in [-0.3, -0.25) is 0 Å². The van der Waals surface area contributed by atoms with Crippen molar-refractivity contribution in [2.24, 2.45) is 0 Å². The maximum Gasteiger partial charge on any atom is 0.163 e. The zero-order chi connectivity index (χ0) is 18.4. The van der Waals surface area contributed by atoms with Gasteiger partial charge in [-0.15, -0.1) is 11.3 Å². The number of fused-ring (bicyclic) bond motifs is 3. The van der Waals surface area contributed by atoms with E-state index in [4.69, 9.17) is 16.6 Å². The minimum Gasteiger partial charge on any atom is -0.213 e. The predicted octanol–water partition coefficient (Wildman–Crippen LogP) is 6.54. The molecule has 27 heavy (non-hydrogen) atoms. The van der Waals surface area contributed by atoms with Crippen molar-refractivity contribution in [1.82, 2.24) is 15.0 Å². The van der Waals surface area contributed by atoms with Crippen molar-refractivity contribution < 1.29 is 0 Å². The van der Waals surface area contributed by atoms with Gasteiger partial charge in [0.15, 0.2) is 11.6 Å². The van der Waals surface area contributed by atoms with Crippen molar-refractivity contribution in [1.29, 1.82) is 0 Å². The van der Waals surface area contributed by atoms with E-state index in [1.807, 2.05) is 31.2 Å². The van der Waals surface area contributed by atoms with Gasteiger partial charge in [-0.25, -0.2) is 15.0 Å². The smallest absolute Gasteiger partial charge is 0.163 e. The van der Waals surface area contributed by atoms with E-state index in [0.717, 1.165) is 11.1 Å². The van der Waals surface area contributed by atoms with E-state index in [1.54, 1.807) is 11.3 Å². The third-order valence-electron chi connectivity index (χ3n) is 4.49. The summed E-state index contributed by atoms with van der Waals surface area (Å²) in [5.74, 6) is 2.04. The number of aromatic nitrogens is 3. The summed E-state index contributed by atoms with van der Waals surface area (Å²) in [4.78, 5) is 13.8. The van der Waals surface area contributed by atoms with Gasteiger partial charge in [-0.1, -0.05) is 41.9 Å². The Morgan fingerprint density at radius 1 is 0.704 bits per heavy atom. The highest BCUT2D eigenvalue weighted by Crippen LogP contribution is 2.35. The summed E-state index contributed by atoms with van der Waals surface area (Å²) in [7, 11) is 0. The molecule has 0 aliphatic rings. The first kappa shape index (κ1) is 16.4. The third kappa shape index (κ3) is 2.97. The van der Waals surface area contributed by atoms with Crippen LogP contribution in [-0.4, -0.2) is 15.0 Å². The molecule has 0 aliphatic carbocycles. The molecule has 0 saturated carbocycles. The van der Waals surface area contributed by atoms with Gasteiger partial charge in [-0.05, 0) is 43.3 Å². The lowest BCUT2D eigenvalue weighted by Gasteiger charge is -2.06. The summed E-state index contributed by atoms with van der Waals surface area (Å²) >= 11 is 7.79. The Morgan fingerprint density at radius 3 is 2.19 bits per heavy atom. The normalized spacial score (nSPS) is 11.3. The topological polar surface area (TPSA) is 38.7 Å². The molecular weight excluding hydrogens is 374 g/mol. The standard InChI is InChI=1S/C22H14ClN3S/c1-13-24-21(14-6-9-16(23)10-7-14)26-22(25-13)15-8-11-18-17-4-2-3-5-19(17)27-20(18)12-15/h2-12H,1H3. The Kier molecular flexibility index (Phi) is 3.88. The van der Waals surface area contributed by atoms with E-state index in [-0.39, 0.29) is 0 Å². The summed E-state index contributed by atoms with van der Waals surface area (Å²) in [6.45, 7) is 1.89. The quantitative estimate of drug-likeness (QED) is 0.345. The molecule has 0 N–H and O–H groups in total. The molecule has 130 valence electrons. The van der Waals surface area contributed by atoms with Crippen LogP contribution in [0.4, 0.5) is 0 Å². The molecule has 0 radical (unpaired) electrons. The van der Waals surface area contributed by atoms with Gasteiger partial charge in [0.2, 0.25) is 0 Å². The number of rotatable bonds is 2. The average Bonchev–Trinajstić information content (AvgIpc) is 3.06. The Labute approximate surface area is 165 Å². The highest BCUT2D eigenvalue weighted by atomic mass is 35.5. The molecule has 2 heterocycles. The summed E-state index contributed by atoms with van der Waals surface area (Å²) < 4.78 is 2.53. The van der Waals surface area contributed by atoms with Gasteiger partial charge in [0.1, 0.15) is 5.82 Å². The lowest BCUT2D eigenvalue weighted by molar-refractivity contribution is 0.992. The molecular formula is C22H14ClN3S. The van der Waals surface area contributed by atoms with E-state index in [1.165, 1.54) is 20.2 Å². The molecule has 3 aromatic carbocycles. The first-order chi connectivity index (χ1) is 13.2. The fourth-order valence-electron chi connectivity index (χ4n) is 3.20. The Balaban J connectivity index is 1.65. The van der Waals surface area contributed by atoms with Gasteiger partial charge in [0.05, 0.1) is 0 Å². The minimum absolute atomic E-state index is 0.658. The van der Waals surface area contributed by atoms with E-state index in [9.17, 15) is 0 Å². The molecule has 0 spiro atoms. The number of aryl methyl sites for hydroxylation is 1. The highest BCUT2D eigenvalue weighted by molar-refractivity contribution is 7.25. The SMILES string of the molecule is Cc1nc(-c2ccc(Cl)cc2)nc(-c2ccc3c(c2)sc2ccccc23)n1. The molecule has 5 rings (SSSR count). The molecule has 0 atom stereocenters. The van der Waals surface area contributed by atoms with Gasteiger partial charge < -0.3 is 0 Å². The number of thiophene rings is 1. The second kappa shape index (κ2) is 6.41. The van der Waals surface area contributed by atoms with E-state index >= 15 is 0 Å². The summed E-state index contributed by atoms with van der Waals surface area (Å²) in [6, 6.07) is 22.4. The second-order valence-electron chi connectivity index (χ2n) is 6.35. The molecule has 0 amide bonds. The lowest BCUT2D eigenvalue weighted by atomic mass is 10.1. The first-order valence-corrected chi connectivity index (χ1v) is 9.77. The van der Waals surface area contributed by atoms with Crippen LogP contribution in [0.3, 0.4) is 0 Å². The van der Waals surface area contributed by atoms with Crippen LogP contribution in [0, 0.1) is 6.92 Å². The molecule has 0 fully saturated rings. The third-order valence-corrected chi connectivity index (χ3v) is 5.87.